The molecular weight excluding hydrogens is 483 g/mol. The molecule has 0 aliphatic heterocycles. The Kier molecular flexibility index (Phi) is 8.61. The minimum Gasteiger partial charge on any atom is -0.492 e. The first kappa shape index (κ1) is 24.9. The van der Waals surface area contributed by atoms with E-state index in [2.05, 4.69) is 12.2 Å². The van der Waals surface area contributed by atoms with Gasteiger partial charge in [0.05, 0.1) is 27.2 Å². The smallest absolute Gasteiger partial charge is 0.264 e. The van der Waals surface area contributed by atoms with Crippen molar-refractivity contribution < 1.29 is 17.9 Å². The van der Waals surface area contributed by atoms with Crippen molar-refractivity contribution >= 4 is 44.8 Å². The van der Waals surface area contributed by atoms with Crippen LogP contribution in [0.3, 0.4) is 0 Å². The third kappa shape index (κ3) is 6.63. The van der Waals surface area contributed by atoms with Crippen molar-refractivity contribution in [1.82, 2.24) is 5.32 Å². The topological polar surface area (TPSA) is 75.7 Å². The van der Waals surface area contributed by atoms with Gasteiger partial charge in [0.1, 0.15) is 18.9 Å². The lowest BCUT2D eigenvalue weighted by molar-refractivity contribution is -0.119. The second kappa shape index (κ2) is 11.4. The molecule has 0 aliphatic carbocycles. The molecule has 9 heteroatoms. The molecule has 0 aromatic heterocycles. The number of nitrogens with one attached hydrogen (secondary N) is 1. The molecule has 174 valence electrons. The number of ether oxygens (including phenoxy) is 1. The van der Waals surface area contributed by atoms with Gasteiger partial charge in [0.2, 0.25) is 5.91 Å². The summed E-state index contributed by atoms with van der Waals surface area (Å²) in [4.78, 5) is 12.7. The minimum absolute atomic E-state index is 0.0581. The number of hydrogen-bond acceptors (Lipinski definition) is 4. The molecule has 3 aromatic carbocycles. The minimum atomic E-state index is -4.02. The second-order valence-corrected chi connectivity index (χ2v) is 9.80. The maximum absolute atomic E-state index is 13.3. The predicted molar refractivity (Wildman–Crippen MR) is 132 cm³/mol. The van der Waals surface area contributed by atoms with Crippen LogP contribution >= 0.6 is 23.2 Å². The maximum atomic E-state index is 13.3. The average molecular weight is 507 g/mol. The van der Waals surface area contributed by atoms with E-state index in [9.17, 15) is 13.2 Å². The number of carbonyl (C=O) groups excluding carboxylic acids is 1. The Labute approximate surface area is 204 Å². The standard InChI is InChI=1S/C24H24Cl2N2O4S/c1-2-18-8-11-20(12-9-18)32-15-14-27-24(29)17-28(19-10-13-22(25)23(26)16-19)33(30,31)21-6-4-3-5-7-21/h3-13,16H,2,14-15,17H2,1H3,(H,27,29). The van der Waals surface area contributed by atoms with Crippen LogP contribution in [0.4, 0.5) is 5.69 Å². The van der Waals surface area contributed by atoms with E-state index in [-0.39, 0.29) is 33.8 Å². The summed E-state index contributed by atoms with van der Waals surface area (Å²) in [6, 6.07) is 20.0. The van der Waals surface area contributed by atoms with Gasteiger partial charge in [0, 0.05) is 0 Å². The summed E-state index contributed by atoms with van der Waals surface area (Å²) in [6.07, 6.45) is 0.942. The molecule has 0 heterocycles. The number of rotatable bonds is 10. The molecule has 0 unspecified atom stereocenters. The van der Waals surface area contributed by atoms with Crippen molar-refractivity contribution in [1.29, 1.82) is 0 Å². The fraction of sp³-hybridized carbons (Fsp3) is 0.208. The molecule has 0 saturated carbocycles. The van der Waals surface area contributed by atoms with E-state index in [0.29, 0.717) is 5.75 Å². The van der Waals surface area contributed by atoms with Gasteiger partial charge < -0.3 is 10.1 Å². The molecular formula is C24H24Cl2N2O4S. The summed E-state index contributed by atoms with van der Waals surface area (Å²) in [5.41, 5.74) is 1.44. The highest BCUT2D eigenvalue weighted by Gasteiger charge is 2.27. The van der Waals surface area contributed by atoms with Crippen LogP contribution in [0, 0.1) is 0 Å². The van der Waals surface area contributed by atoms with Crippen molar-refractivity contribution in [3.05, 3.63) is 88.4 Å². The number of hydrogen-bond donors (Lipinski definition) is 1. The Bertz CT molecular complexity index is 1190. The van der Waals surface area contributed by atoms with Crippen LogP contribution < -0.4 is 14.4 Å². The summed E-state index contributed by atoms with van der Waals surface area (Å²) in [5.74, 6) is 0.219. The summed E-state index contributed by atoms with van der Waals surface area (Å²) in [6.45, 7) is 2.11. The molecule has 3 aromatic rings. The van der Waals surface area contributed by atoms with Gasteiger partial charge in [0.15, 0.2) is 0 Å². The maximum Gasteiger partial charge on any atom is 0.264 e. The lowest BCUT2D eigenvalue weighted by Gasteiger charge is -2.24. The SMILES string of the molecule is CCc1ccc(OCCNC(=O)CN(c2ccc(Cl)c(Cl)c2)S(=O)(=O)c2ccccc2)cc1. The Balaban J connectivity index is 1.69. The first-order chi connectivity index (χ1) is 15.8. The lowest BCUT2D eigenvalue weighted by atomic mass is 10.2. The van der Waals surface area contributed by atoms with Crippen LogP contribution in [-0.2, 0) is 21.2 Å². The number of benzene rings is 3. The number of halogens is 2. The molecule has 0 aliphatic rings. The van der Waals surface area contributed by atoms with E-state index < -0.39 is 22.5 Å². The summed E-state index contributed by atoms with van der Waals surface area (Å²) >= 11 is 12.1. The van der Waals surface area contributed by atoms with Gasteiger partial charge in [-0.2, -0.15) is 0 Å². The van der Waals surface area contributed by atoms with E-state index in [1.54, 1.807) is 18.2 Å². The van der Waals surface area contributed by atoms with Crippen LogP contribution in [0.15, 0.2) is 77.7 Å². The Morgan fingerprint density at radius 1 is 0.970 bits per heavy atom. The summed E-state index contributed by atoms with van der Waals surface area (Å²) < 4.78 is 33.2. The molecule has 0 fully saturated rings. The first-order valence-corrected chi connectivity index (χ1v) is 12.5. The normalized spacial score (nSPS) is 11.1. The lowest BCUT2D eigenvalue weighted by Crippen LogP contribution is -2.41. The zero-order valence-corrected chi connectivity index (χ0v) is 20.3. The van der Waals surface area contributed by atoms with Gasteiger partial charge in [-0.3, -0.25) is 9.10 Å². The van der Waals surface area contributed by atoms with E-state index in [0.717, 1.165) is 10.7 Å². The number of carbonyl (C=O) groups is 1. The van der Waals surface area contributed by atoms with Crippen molar-refractivity contribution in [3.63, 3.8) is 0 Å². The van der Waals surface area contributed by atoms with Crippen LogP contribution in [0.1, 0.15) is 12.5 Å². The van der Waals surface area contributed by atoms with Crippen LogP contribution in [0.2, 0.25) is 10.0 Å². The third-order valence-corrected chi connectivity index (χ3v) is 7.36. The number of amides is 1. The molecule has 0 spiro atoms. The number of nitrogens with zero attached hydrogens (tertiary/aromatic N) is 1. The van der Waals surface area contributed by atoms with E-state index in [1.165, 1.54) is 35.9 Å². The monoisotopic (exact) mass is 506 g/mol. The van der Waals surface area contributed by atoms with Crippen molar-refractivity contribution in [2.75, 3.05) is 24.0 Å². The van der Waals surface area contributed by atoms with Gasteiger partial charge in [0.25, 0.3) is 10.0 Å². The van der Waals surface area contributed by atoms with Gasteiger partial charge in [-0.15, -0.1) is 0 Å². The predicted octanol–water partition coefficient (Wildman–Crippen LogP) is 4.95. The molecule has 0 saturated heterocycles. The molecule has 0 radical (unpaired) electrons. The van der Waals surface area contributed by atoms with Crippen molar-refractivity contribution in [2.24, 2.45) is 0 Å². The molecule has 3 rings (SSSR count). The molecule has 6 nitrogen and oxygen atoms in total. The zero-order chi connectivity index (χ0) is 23.8. The van der Waals surface area contributed by atoms with E-state index in [1.807, 2.05) is 24.3 Å². The second-order valence-electron chi connectivity index (χ2n) is 7.12. The van der Waals surface area contributed by atoms with Crippen molar-refractivity contribution in [2.45, 2.75) is 18.2 Å². The Hall–Kier alpha value is -2.74. The largest absolute Gasteiger partial charge is 0.492 e. The van der Waals surface area contributed by atoms with E-state index in [4.69, 9.17) is 27.9 Å². The van der Waals surface area contributed by atoms with Crippen LogP contribution in [0.5, 0.6) is 5.75 Å². The number of sulfonamides is 1. The number of anilines is 1. The Morgan fingerprint density at radius 2 is 1.67 bits per heavy atom. The van der Waals surface area contributed by atoms with E-state index >= 15 is 0 Å². The fourth-order valence-electron chi connectivity index (χ4n) is 3.04. The summed E-state index contributed by atoms with van der Waals surface area (Å²) in [7, 11) is -4.02. The third-order valence-electron chi connectivity index (χ3n) is 4.83. The van der Waals surface area contributed by atoms with Gasteiger partial charge >= 0.3 is 0 Å². The average Bonchev–Trinajstić information content (AvgIpc) is 2.83. The zero-order valence-electron chi connectivity index (χ0n) is 18.0. The number of aryl methyl sites for hydroxylation is 1. The molecule has 0 bridgehead atoms. The van der Waals surface area contributed by atoms with Gasteiger partial charge in [-0.05, 0) is 54.4 Å². The van der Waals surface area contributed by atoms with Gasteiger partial charge in [-0.25, -0.2) is 8.42 Å². The summed E-state index contributed by atoms with van der Waals surface area (Å²) in [5, 5.41) is 3.17. The van der Waals surface area contributed by atoms with Gasteiger partial charge in [-0.1, -0.05) is 60.5 Å². The van der Waals surface area contributed by atoms with Crippen LogP contribution in [-0.4, -0.2) is 34.0 Å². The molecule has 33 heavy (non-hydrogen) atoms. The molecule has 1 N–H and O–H groups in total. The Morgan fingerprint density at radius 3 is 2.30 bits per heavy atom. The van der Waals surface area contributed by atoms with Crippen molar-refractivity contribution in [3.8, 4) is 5.75 Å². The highest BCUT2D eigenvalue weighted by molar-refractivity contribution is 7.92. The highest BCUT2D eigenvalue weighted by Crippen LogP contribution is 2.30. The first-order valence-electron chi connectivity index (χ1n) is 10.3. The molecule has 1 amide bonds. The fourth-order valence-corrected chi connectivity index (χ4v) is 4.77. The molecule has 0 atom stereocenters. The quantitative estimate of drug-likeness (QED) is 0.394. The highest BCUT2D eigenvalue weighted by atomic mass is 35.5. The van der Waals surface area contributed by atoms with Crippen LogP contribution in [0.25, 0.3) is 0 Å².